The molecular weight excluding hydrogens is 315 g/mol. The topological polar surface area (TPSA) is 36.9 Å². The lowest BCUT2D eigenvalue weighted by atomic mass is 9.66. The van der Waals surface area contributed by atoms with Gasteiger partial charge in [-0.1, -0.05) is 19.8 Å². The molecule has 0 radical (unpaired) electrons. The molecule has 2 aromatic rings. The zero-order chi connectivity index (χ0) is 17.6. The lowest BCUT2D eigenvalue weighted by Crippen LogP contribution is -2.36. The molecule has 0 bridgehead atoms. The molecule has 2 aromatic carbocycles. The maximum Gasteiger partial charge on any atom is 0.598 e. The molecule has 2 atom stereocenters. The molecule has 1 aliphatic rings. The number of benzene rings is 2. The summed E-state index contributed by atoms with van der Waals surface area (Å²) in [6.45, 7) is 2.28. The van der Waals surface area contributed by atoms with Crippen LogP contribution < -0.4 is 18.8 Å². The number of hydrogen-bond donors (Lipinski definition) is 0. The predicted molar refractivity (Wildman–Crippen MR) is 99.8 cm³/mol. The summed E-state index contributed by atoms with van der Waals surface area (Å²) in [5.74, 6) is 4.17. The molecule has 5 heteroatoms. The molecule has 25 heavy (non-hydrogen) atoms. The molecule has 3 rings (SSSR count). The van der Waals surface area contributed by atoms with E-state index in [9.17, 15) is 0 Å². The first-order valence-corrected chi connectivity index (χ1v) is 8.81. The van der Waals surface area contributed by atoms with Crippen LogP contribution in [0.5, 0.6) is 23.0 Å². The molecule has 0 heterocycles. The monoisotopic (exact) mass is 340 g/mol. The smallest absolute Gasteiger partial charge is 0.526 e. The Labute approximate surface area is 150 Å². The first kappa shape index (κ1) is 17.5. The lowest BCUT2D eigenvalue weighted by Gasteiger charge is -2.24. The molecule has 1 saturated carbocycles. The third-order valence-electron chi connectivity index (χ3n) is 4.90. The summed E-state index contributed by atoms with van der Waals surface area (Å²) in [7, 11) is 3.01. The van der Waals surface area contributed by atoms with E-state index in [0.29, 0.717) is 11.7 Å². The van der Waals surface area contributed by atoms with Crippen molar-refractivity contribution in [3.8, 4) is 23.0 Å². The Morgan fingerprint density at radius 1 is 0.720 bits per heavy atom. The first-order valence-electron chi connectivity index (χ1n) is 8.81. The van der Waals surface area contributed by atoms with Crippen LogP contribution in [0.1, 0.15) is 26.2 Å². The van der Waals surface area contributed by atoms with Crippen LogP contribution in [0.25, 0.3) is 0 Å². The lowest BCUT2D eigenvalue weighted by molar-refractivity contribution is 0.380. The van der Waals surface area contributed by atoms with Crippen LogP contribution in [0.15, 0.2) is 48.5 Å². The summed E-state index contributed by atoms with van der Waals surface area (Å²) in [5.41, 5.74) is 0. The Hall–Kier alpha value is -2.30. The molecule has 0 saturated heterocycles. The van der Waals surface area contributed by atoms with Gasteiger partial charge in [0.1, 0.15) is 23.0 Å². The van der Waals surface area contributed by atoms with E-state index in [0.717, 1.165) is 29.4 Å². The number of methoxy groups -OCH3 is 2. The zero-order valence-electron chi connectivity index (χ0n) is 15.1. The van der Waals surface area contributed by atoms with Crippen molar-refractivity contribution in [1.29, 1.82) is 0 Å². The third kappa shape index (κ3) is 4.41. The molecule has 1 fully saturated rings. The number of hydrogen-bond acceptors (Lipinski definition) is 4. The van der Waals surface area contributed by atoms with Gasteiger partial charge >= 0.3 is 7.12 Å². The third-order valence-corrected chi connectivity index (χ3v) is 4.90. The molecule has 0 aromatic heterocycles. The van der Waals surface area contributed by atoms with Gasteiger partial charge in [-0.25, -0.2) is 0 Å². The second-order valence-electron chi connectivity index (χ2n) is 6.53. The fraction of sp³-hybridized carbons (Fsp3) is 0.400. The highest BCUT2D eigenvalue weighted by Crippen LogP contribution is 2.39. The van der Waals surface area contributed by atoms with Crippen molar-refractivity contribution in [2.45, 2.75) is 32.0 Å². The molecule has 4 nitrogen and oxygen atoms in total. The van der Waals surface area contributed by atoms with E-state index in [1.807, 2.05) is 48.5 Å². The van der Waals surface area contributed by atoms with Gasteiger partial charge in [0.25, 0.3) is 0 Å². The van der Waals surface area contributed by atoms with Crippen molar-refractivity contribution >= 4 is 7.12 Å². The van der Waals surface area contributed by atoms with E-state index in [1.165, 1.54) is 12.8 Å². The van der Waals surface area contributed by atoms with Gasteiger partial charge in [0, 0.05) is 5.82 Å². The maximum absolute atomic E-state index is 6.22. The van der Waals surface area contributed by atoms with Gasteiger partial charge in [0.05, 0.1) is 14.2 Å². The van der Waals surface area contributed by atoms with Gasteiger partial charge < -0.3 is 18.8 Å². The minimum atomic E-state index is -0.306. The largest absolute Gasteiger partial charge is 0.598 e. The maximum atomic E-state index is 6.22. The molecule has 0 N–H and O–H groups in total. The van der Waals surface area contributed by atoms with E-state index in [4.69, 9.17) is 18.8 Å². The van der Waals surface area contributed by atoms with Crippen LogP contribution in [0.3, 0.4) is 0 Å². The fourth-order valence-electron chi connectivity index (χ4n) is 3.35. The Morgan fingerprint density at radius 3 is 1.52 bits per heavy atom. The SMILES string of the molecule is COc1ccc(OB(Oc2ccc(OC)cc2)[C@H]2CCC[C@@H]2C)cc1. The molecule has 1 aliphatic carbocycles. The second kappa shape index (κ2) is 8.19. The van der Waals surface area contributed by atoms with E-state index < -0.39 is 0 Å². The van der Waals surface area contributed by atoms with Gasteiger partial charge in [0.2, 0.25) is 0 Å². The molecule has 132 valence electrons. The average Bonchev–Trinajstić information content (AvgIpc) is 3.08. The van der Waals surface area contributed by atoms with E-state index in [1.54, 1.807) is 14.2 Å². The van der Waals surface area contributed by atoms with Crippen molar-refractivity contribution < 1.29 is 18.8 Å². The quantitative estimate of drug-likeness (QED) is 0.676. The molecule has 0 unspecified atom stereocenters. The summed E-state index contributed by atoms with van der Waals surface area (Å²) >= 11 is 0. The normalized spacial score (nSPS) is 19.3. The Morgan fingerprint density at radius 2 is 1.16 bits per heavy atom. The second-order valence-corrected chi connectivity index (χ2v) is 6.53. The van der Waals surface area contributed by atoms with Crippen LogP contribution in [-0.4, -0.2) is 21.3 Å². The first-order chi connectivity index (χ1) is 12.2. The Kier molecular flexibility index (Phi) is 5.74. The molecule has 0 spiro atoms. The van der Waals surface area contributed by atoms with Crippen molar-refractivity contribution in [2.75, 3.05) is 14.2 Å². The van der Waals surface area contributed by atoms with Gasteiger partial charge in [-0.2, -0.15) is 0 Å². The van der Waals surface area contributed by atoms with Gasteiger partial charge in [-0.15, -0.1) is 0 Å². The number of rotatable bonds is 7. The average molecular weight is 340 g/mol. The van der Waals surface area contributed by atoms with Crippen LogP contribution in [0.4, 0.5) is 0 Å². The highest BCUT2D eigenvalue weighted by molar-refractivity contribution is 6.48. The minimum Gasteiger partial charge on any atom is -0.526 e. The zero-order valence-corrected chi connectivity index (χ0v) is 15.1. The molecule has 0 aliphatic heterocycles. The molecular formula is C20H25BO4. The van der Waals surface area contributed by atoms with Crippen molar-refractivity contribution in [1.82, 2.24) is 0 Å². The highest BCUT2D eigenvalue weighted by atomic mass is 16.6. The summed E-state index contributed by atoms with van der Waals surface area (Å²) < 4.78 is 22.9. The van der Waals surface area contributed by atoms with Gasteiger partial charge in [-0.05, 0) is 60.9 Å². The standard InChI is InChI=1S/C20H25BO4/c1-15-5-4-6-20(15)21(24-18-11-7-16(22-2)8-12-18)25-19-13-9-17(23-3)10-14-19/h7-15,20H,4-6H2,1-3H3/t15-,20-/m0/s1. The van der Waals surface area contributed by atoms with E-state index in [2.05, 4.69) is 6.92 Å². The summed E-state index contributed by atoms with van der Waals surface area (Å²) in [6.07, 6.45) is 3.57. The fourth-order valence-corrected chi connectivity index (χ4v) is 3.35. The van der Waals surface area contributed by atoms with E-state index >= 15 is 0 Å². The summed E-state index contributed by atoms with van der Waals surface area (Å²) in [6, 6.07) is 15.3. The van der Waals surface area contributed by atoms with Crippen LogP contribution >= 0.6 is 0 Å². The number of ether oxygens (including phenoxy) is 2. The van der Waals surface area contributed by atoms with Crippen molar-refractivity contribution in [3.63, 3.8) is 0 Å². The van der Waals surface area contributed by atoms with Crippen LogP contribution in [-0.2, 0) is 0 Å². The summed E-state index contributed by atoms with van der Waals surface area (Å²) in [5, 5.41) is 0. The van der Waals surface area contributed by atoms with Crippen molar-refractivity contribution in [2.24, 2.45) is 5.92 Å². The Bertz CT molecular complexity index is 607. The van der Waals surface area contributed by atoms with Crippen LogP contribution in [0, 0.1) is 5.92 Å². The minimum absolute atomic E-state index is 0.306. The predicted octanol–water partition coefficient (Wildman–Crippen LogP) is 4.84. The Balaban J connectivity index is 1.76. The van der Waals surface area contributed by atoms with Crippen LogP contribution in [0.2, 0.25) is 5.82 Å². The highest BCUT2D eigenvalue weighted by Gasteiger charge is 2.41. The van der Waals surface area contributed by atoms with Gasteiger partial charge in [0.15, 0.2) is 0 Å². The van der Waals surface area contributed by atoms with E-state index in [-0.39, 0.29) is 7.12 Å². The summed E-state index contributed by atoms with van der Waals surface area (Å²) in [4.78, 5) is 0. The van der Waals surface area contributed by atoms with Gasteiger partial charge in [-0.3, -0.25) is 0 Å². The molecule has 0 amide bonds. The van der Waals surface area contributed by atoms with Crippen molar-refractivity contribution in [3.05, 3.63) is 48.5 Å².